The van der Waals surface area contributed by atoms with E-state index >= 15 is 0 Å². The van der Waals surface area contributed by atoms with Gasteiger partial charge in [0.25, 0.3) is 0 Å². The van der Waals surface area contributed by atoms with Gasteiger partial charge in [-0.25, -0.2) is 0 Å². The molecule has 142 valence electrons. The van der Waals surface area contributed by atoms with Crippen LogP contribution >= 0.6 is 0 Å². The van der Waals surface area contributed by atoms with Crippen LogP contribution in [0.25, 0.3) is 11.1 Å². The van der Waals surface area contributed by atoms with Crippen molar-refractivity contribution in [1.29, 1.82) is 0 Å². The molecule has 0 aromatic heterocycles. The summed E-state index contributed by atoms with van der Waals surface area (Å²) in [6.45, 7) is 0.377. The zero-order valence-corrected chi connectivity index (χ0v) is 16.3. The fourth-order valence-corrected chi connectivity index (χ4v) is 4.17. The third-order valence-corrected chi connectivity index (χ3v) is 5.55. The molecule has 1 atom stereocenters. The molecule has 0 spiro atoms. The molecule has 0 saturated carbocycles. The van der Waals surface area contributed by atoms with E-state index in [9.17, 15) is 4.79 Å². The van der Waals surface area contributed by atoms with E-state index in [4.69, 9.17) is 0 Å². The summed E-state index contributed by atoms with van der Waals surface area (Å²) in [6.07, 6.45) is 3.41. The summed E-state index contributed by atoms with van der Waals surface area (Å²) in [5, 5.41) is 3.12. The number of fused-ring (bicyclic) bond motifs is 1. The molecule has 3 nitrogen and oxygen atoms in total. The molecule has 1 aliphatic rings. The second-order valence-electron chi connectivity index (χ2n) is 7.48. The van der Waals surface area contributed by atoms with Crippen LogP contribution in [0.15, 0.2) is 78.9 Å². The molecule has 0 heterocycles. The lowest BCUT2D eigenvalue weighted by atomic mass is 9.87. The van der Waals surface area contributed by atoms with E-state index in [0.717, 1.165) is 29.7 Å². The quantitative estimate of drug-likeness (QED) is 0.661. The van der Waals surface area contributed by atoms with Crippen LogP contribution in [0.2, 0.25) is 0 Å². The Morgan fingerprint density at radius 1 is 0.964 bits per heavy atom. The zero-order chi connectivity index (χ0) is 19.3. The highest BCUT2D eigenvalue weighted by atomic mass is 16.2. The summed E-state index contributed by atoms with van der Waals surface area (Å²) in [4.78, 5) is 15.0. The third kappa shape index (κ3) is 4.00. The highest BCUT2D eigenvalue weighted by Gasteiger charge is 2.24. The van der Waals surface area contributed by atoms with Gasteiger partial charge >= 0.3 is 0 Å². The smallest absolute Gasteiger partial charge is 0.238 e. The van der Waals surface area contributed by atoms with E-state index in [-0.39, 0.29) is 5.91 Å². The Morgan fingerprint density at radius 2 is 1.68 bits per heavy atom. The van der Waals surface area contributed by atoms with E-state index in [1.807, 2.05) is 42.5 Å². The number of aryl methyl sites for hydroxylation is 1. The van der Waals surface area contributed by atoms with Crippen LogP contribution in [0.1, 0.15) is 30.0 Å². The summed E-state index contributed by atoms with van der Waals surface area (Å²) in [5.74, 6) is 0.0222. The number of hydrogen-bond acceptors (Lipinski definition) is 2. The van der Waals surface area contributed by atoms with Crippen molar-refractivity contribution in [3.8, 4) is 11.1 Å². The number of para-hydroxylation sites is 1. The second-order valence-corrected chi connectivity index (χ2v) is 7.48. The number of amides is 1. The molecular formula is C25H26N2O. The van der Waals surface area contributed by atoms with E-state index in [1.54, 1.807) is 0 Å². The summed E-state index contributed by atoms with van der Waals surface area (Å²) < 4.78 is 0. The first-order chi connectivity index (χ1) is 13.7. The monoisotopic (exact) mass is 370 g/mol. The fourth-order valence-electron chi connectivity index (χ4n) is 4.17. The Balaban J connectivity index is 1.48. The molecule has 0 unspecified atom stereocenters. The average molecular weight is 370 g/mol. The first-order valence-electron chi connectivity index (χ1n) is 9.95. The predicted molar refractivity (Wildman–Crippen MR) is 115 cm³/mol. The average Bonchev–Trinajstić information content (AvgIpc) is 2.74. The molecule has 0 saturated heterocycles. The Labute approximate surface area is 167 Å². The summed E-state index contributed by atoms with van der Waals surface area (Å²) in [7, 11) is 2.05. The summed E-state index contributed by atoms with van der Waals surface area (Å²) in [5.41, 5.74) is 5.79. The lowest BCUT2D eigenvalue weighted by molar-refractivity contribution is -0.117. The highest BCUT2D eigenvalue weighted by Crippen LogP contribution is 2.33. The van der Waals surface area contributed by atoms with Gasteiger partial charge in [0.1, 0.15) is 0 Å². The largest absolute Gasteiger partial charge is 0.324 e. The number of benzene rings is 3. The van der Waals surface area contributed by atoms with Gasteiger partial charge < -0.3 is 5.32 Å². The molecule has 0 aliphatic heterocycles. The maximum atomic E-state index is 12.8. The molecule has 0 radical (unpaired) electrons. The van der Waals surface area contributed by atoms with Crippen molar-refractivity contribution in [2.24, 2.45) is 0 Å². The maximum absolute atomic E-state index is 12.8. The van der Waals surface area contributed by atoms with Crippen molar-refractivity contribution in [3.63, 3.8) is 0 Å². The number of hydrogen-bond donors (Lipinski definition) is 1. The fraction of sp³-hybridized carbons (Fsp3) is 0.240. The van der Waals surface area contributed by atoms with Gasteiger partial charge in [-0.05, 0) is 49.1 Å². The van der Waals surface area contributed by atoms with Gasteiger partial charge in [-0.15, -0.1) is 0 Å². The molecule has 4 rings (SSSR count). The summed E-state index contributed by atoms with van der Waals surface area (Å²) >= 11 is 0. The van der Waals surface area contributed by atoms with Gasteiger partial charge in [0.2, 0.25) is 5.91 Å². The highest BCUT2D eigenvalue weighted by molar-refractivity contribution is 5.96. The van der Waals surface area contributed by atoms with Crippen LogP contribution in [0.4, 0.5) is 5.69 Å². The van der Waals surface area contributed by atoms with Crippen LogP contribution in [-0.4, -0.2) is 24.4 Å². The number of nitrogens with zero attached hydrogens (tertiary/aromatic N) is 1. The zero-order valence-electron chi connectivity index (χ0n) is 16.3. The molecular weight excluding hydrogens is 344 g/mol. The van der Waals surface area contributed by atoms with Crippen molar-refractivity contribution in [2.45, 2.75) is 25.3 Å². The molecule has 1 N–H and O–H groups in total. The van der Waals surface area contributed by atoms with Crippen molar-refractivity contribution in [3.05, 3.63) is 90.0 Å². The Kier molecular flexibility index (Phi) is 5.54. The first kappa shape index (κ1) is 18.5. The minimum atomic E-state index is 0.0222. The lowest BCUT2D eigenvalue weighted by Gasteiger charge is -2.33. The number of likely N-dealkylation sites (N-methyl/N-ethyl adjacent to an activating group) is 1. The Hall–Kier alpha value is -2.91. The first-order valence-corrected chi connectivity index (χ1v) is 9.95. The summed E-state index contributed by atoms with van der Waals surface area (Å²) in [6, 6.07) is 27.1. The van der Waals surface area contributed by atoms with E-state index in [2.05, 4.69) is 53.7 Å². The molecule has 28 heavy (non-hydrogen) atoms. The van der Waals surface area contributed by atoms with Crippen LogP contribution in [0.5, 0.6) is 0 Å². The van der Waals surface area contributed by atoms with Gasteiger partial charge in [-0.2, -0.15) is 0 Å². The molecule has 1 aliphatic carbocycles. The minimum Gasteiger partial charge on any atom is -0.324 e. The number of carbonyl (C=O) groups is 1. The normalized spacial score (nSPS) is 15.9. The molecule has 3 aromatic rings. The van der Waals surface area contributed by atoms with Crippen LogP contribution in [0.3, 0.4) is 0 Å². The van der Waals surface area contributed by atoms with Crippen molar-refractivity contribution < 1.29 is 4.79 Å². The predicted octanol–water partition coefficient (Wildman–Crippen LogP) is 5.30. The third-order valence-electron chi connectivity index (χ3n) is 5.55. The molecule has 3 aromatic carbocycles. The standard InChI is InChI=1S/C25H26N2O/c1-27(24-17-9-13-20-12-5-6-15-22(20)24)18-25(28)26-23-16-8-7-14-21(23)19-10-3-2-4-11-19/h2-8,10-12,14-16,24H,9,13,17-18H2,1H3,(H,26,28)/t24-/m1/s1. The number of anilines is 1. The Bertz CT molecular complexity index is 952. The van der Waals surface area contributed by atoms with E-state index < -0.39 is 0 Å². The molecule has 0 fully saturated rings. The van der Waals surface area contributed by atoms with Gasteiger partial charge in [0, 0.05) is 17.3 Å². The second kappa shape index (κ2) is 8.41. The number of nitrogens with one attached hydrogen (secondary N) is 1. The minimum absolute atomic E-state index is 0.0222. The maximum Gasteiger partial charge on any atom is 0.238 e. The van der Waals surface area contributed by atoms with E-state index in [1.165, 1.54) is 17.5 Å². The van der Waals surface area contributed by atoms with Gasteiger partial charge in [0.15, 0.2) is 0 Å². The Morgan fingerprint density at radius 3 is 2.54 bits per heavy atom. The topological polar surface area (TPSA) is 32.3 Å². The SMILES string of the molecule is CN(CC(=O)Nc1ccccc1-c1ccccc1)[C@@H]1CCCc2ccccc21. The van der Waals surface area contributed by atoms with Crippen molar-refractivity contribution in [2.75, 3.05) is 18.9 Å². The molecule has 1 amide bonds. The van der Waals surface area contributed by atoms with Gasteiger partial charge in [0.05, 0.1) is 6.54 Å². The van der Waals surface area contributed by atoms with Crippen molar-refractivity contribution in [1.82, 2.24) is 4.90 Å². The molecule has 0 bridgehead atoms. The lowest BCUT2D eigenvalue weighted by Crippen LogP contribution is -2.35. The molecule has 3 heteroatoms. The van der Waals surface area contributed by atoms with Gasteiger partial charge in [-0.3, -0.25) is 9.69 Å². The van der Waals surface area contributed by atoms with Gasteiger partial charge in [-0.1, -0.05) is 72.8 Å². The number of rotatable bonds is 5. The van der Waals surface area contributed by atoms with Crippen LogP contribution in [-0.2, 0) is 11.2 Å². The van der Waals surface area contributed by atoms with Crippen LogP contribution < -0.4 is 5.32 Å². The van der Waals surface area contributed by atoms with Crippen LogP contribution in [0, 0.1) is 0 Å². The van der Waals surface area contributed by atoms with E-state index in [0.29, 0.717) is 12.6 Å². The number of carbonyl (C=O) groups excluding carboxylic acids is 1. The van der Waals surface area contributed by atoms with Crippen molar-refractivity contribution >= 4 is 11.6 Å².